The second-order valence-electron chi connectivity index (χ2n) is 8.05. The number of rotatable bonds is 1. The van der Waals surface area contributed by atoms with Crippen molar-refractivity contribution in [3.05, 3.63) is 66.5 Å². The van der Waals surface area contributed by atoms with Crippen LogP contribution >= 0.6 is 0 Å². The highest BCUT2D eigenvalue weighted by Crippen LogP contribution is 2.38. The van der Waals surface area contributed by atoms with E-state index in [1.807, 2.05) is 0 Å². The largest absolute Gasteiger partial charge is 0.452 e. The molecule has 0 N–H and O–H groups in total. The fourth-order valence-corrected chi connectivity index (χ4v) is 5.39. The second-order valence-corrected chi connectivity index (χ2v) is 8.05. The van der Waals surface area contributed by atoms with Gasteiger partial charge in [0.15, 0.2) is 17.3 Å². The van der Waals surface area contributed by atoms with E-state index in [1.165, 1.54) is 22.6 Å². The molecule has 2 aromatic rings. The van der Waals surface area contributed by atoms with Gasteiger partial charge in [-0.25, -0.2) is 4.58 Å². The van der Waals surface area contributed by atoms with Gasteiger partial charge in [-0.15, -0.1) is 0 Å². The standard InChI is InChI=1S/C23H21N3O2/c1-4-15-9-11-19(25-14-27-17(6-1)22(15)25)24-13-3-8-21-26-20(24)12-10-16-5-2-7-18(28-21)23(16)26/h1-2,4-7,9-12,16,21,23H,3,8,13-14H2/q+2. The number of allylic oxidation sites excluding steroid dienone is 2. The number of ether oxygens (including phenoxy) is 2. The van der Waals surface area contributed by atoms with E-state index in [9.17, 15) is 0 Å². The van der Waals surface area contributed by atoms with E-state index in [2.05, 4.69) is 74.8 Å². The van der Waals surface area contributed by atoms with Gasteiger partial charge in [0, 0.05) is 29.9 Å². The Morgan fingerprint density at radius 3 is 3.11 bits per heavy atom. The van der Waals surface area contributed by atoms with Crippen LogP contribution in [0.25, 0.3) is 10.9 Å². The van der Waals surface area contributed by atoms with Crippen molar-refractivity contribution in [3.8, 4) is 5.75 Å². The summed E-state index contributed by atoms with van der Waals surface area (Å²) < 4.78 is 17.2. The molecule has 0 radical (unpaired) electrons. The number of pyridine rings is 1. The van der Waals surface area contributed by atoms with Crippen LogP contribution in [0.1, 0.15) is 12.8 Å². The van der Waals surface area contributed by atoms with E-state index < -0.39 is 0 Å². The minimum Gasteiger partial charge on any atom is -0.452 e. The van der Waals surface area contributed by atoms with Crippen molar-refractivity contribution in [3.63, 3.8) is 0 Å². The highest BCUT2D eigenvalue weighted by atomic mass is 16.5. The van der Waals surface area contributed by atoms with Crippen LogP contribution < -0.4 is 14.2 Å². The fraction of sp³-hybridized carbons (Fsp3) is 0.304. The first kappa shape index (κ1) is 14.9. The lowest BCUT2D eigenvalue weighted by Gasteiger charge is -2.26. The van der Waals surface area contributed by atoms with Gasteiger partial charge in [0.1, 0.15) is 5.76 Å². The fourth-order valence-electron chi connectivity index (χ4n) is 5.39. The molecule has 1 fully saturated rings. The third kappa shape index (κ3) is 1.81. The molecule has 5 heterocycles. The lowest BCUT2D eigenvalue weighted by molar-refractivity contribution is -0.676. The predicted octanol–water partition coefficient (Wildman–Crippen LogP) is 2.85. The maximum Gasteiger partial charge on any atom is 0.288 e. The van der Waals surface area contributed by atoms with Crippen LogP contribution in [-0.2, 0) is 11.5 Å². The molecule has 138 valence electrons. The number of benzene rings is 1. The van der Waals surface area contributed by atoms with Crippen LogP contribution in [0.15, 0.2) is 66.5 Å². The molecule has 3 unspecified atom stereocenters. The van der Waals surface area contributed by atoms with Gasteiger partial charge in [-0.2, -0.15) is 9.47 Å². The van der Waals surface area contributed by atoms with Crippen molar-refractivity contribution in [1.29, 1.82) is 0 Å². The lowest BCUT2D eigenvalue weighted by Crippen LogP contribution is -2.49. The van der Waals surface area contributed by atoms with Gasteiger partial charge in [0.2, 0.25) is 13.0 Å². The Morgan fingerprint density at radius 2 is 2.11 bits per heavy atom. The number of aromatic nitrogens is 1. The number of nitrogens with zero attached hydrogens (tertiary/aromatic N) is 3. The van der Waals surface area contributed by atoms with Gasteiger partial charge in [-0.1, -0.05) is 30.4 Å². The van der Waals surface area contributed by atoms with Gasteiger partial charge < -0.3 is 9.47 Å². The van der Waals surface area contributed by atoms with Crippen LogP contribution in [0.3, 0.4) is 0 Å². The Bertz CT molecular complexity index is 1160. The molecule has 3 atom stereocenters. The average Bonchev–Trinajstić information content (AvgIpc) is 3.27. The Hall–Kier alpha value is -3.08. The minimum atomic E-state index is 0.134. The third-order valence-electron chi connectivity index (χ3n) is 6.59. The molecule has 28 heavy (non-hydrogen) atoms. The van der Waals surface area contributed by atoms with E-state index in [0.29, 0.717) is 18.7 Å². The quantitative estimate of drug-likeness (QED) is 0.722. The number of hydrogen-bond donors (Lipinski definition) is 0. The molecule has 0 saturated carbocycles. The summed E-state index contributed by atoms with van der Waals surface area (Å²) in [6.45, 7) is 1.55. The summed E-state index contributed by atoms with van der Waals surface area (Å²) in [5, 5.41) is 1.22. The summed E-state index contributed by atoms with van der Waals surface area (Å²) in [5.74, 6) is 4.92. The number of amidine groups is 1. The molecule has 0 bridgehead atoms. The van der Waals surface area contributed by atoms with E-state index >= 15 is 0 Å². The first-order chi connectivity index (χ1) is 13.9. The van der Waals surface area contributed by atoms with Crippen molar-refractivity contribution < 1.29 is 18.6 Å². The molecule has 7 rings (SSSR count). The van der Waals surface area contributed by atoms with Crippen LogP contribution in [0.5, 0.6) is 5.75 Å². The summed E-state index contributed by atoms with van der Waals surface area (Å²) in [6.07, 6.45) is 13.5. The third-order valence-corrected chi connectivity index (χ3v) is 6.59. The summed E-state index contributed by atoms with van der Waals surface area (Å²) in [6, 6.07) is 11.0. The molecule has 0 spiro atoms. The van der Waals surface area contributed by atoms with Gasteiger partial charge in [0.05, 0.1) is 6.54 Å². The predicted molar refractivity (Wildman–Crippen MR) is 105 cm³/mol. The summed E-state index contributed by atoms with van der Waals surface area (Å²) >= 11 is 0. The Labute approximate surface area is 163 Å². The summed E-state index contributed by atoms with van der Waals surface area (Å²) in [4.78, 5) is 2.46. The van der Waals surface area contributed by atoms with E-state index in [4.69, 9.17) is 9.47 Å². The first-order valence-corrected chi connectivity index (χ1v) is 10.1. The Morgan fingerprint density at radius 1 is 1.11 bits per heavy atom. The van der Waals surface area contributed by atoms with Crippen molar-refractivity contribution in [2.24, 2.45) is 5.92 Å². The number of anilines is 1. The molecular formula is C23H21N3O2+2. The van der Waals surface area contributed by atoms with Crippen molar-refractivity contribution in [2.75, 3.05) is 11.4 Å². The second kappa shape index (κ2) is 5.25. The molecule has 1 aromatic carbocycles. The van der Waals surface area contributed by atoms with Crippen molar-refractivity contribution in [2.45, 2.75) is 31.8 Å². The topological polar surface area (TPSA) is 28.6 Å². The van der Waals surface area contributed by atoms with Gasteiger partial charge in [-0.3, -0.25) is 0 Å². The van der Waals surface area contributed by atoms with Gasteiger partial charge in [0.25, 0.3) is 11.7 Å². The molecule has 4 aliphatic heterocycles. The first-order valence-electron chi connectivity index (χ1n) is 10.1. The maximum absolute atomic E-state index is 6.37. The summed E-state index contributed by atoms with van der Waals surface area (Å²) in [5.41, 5.74) is 1.19. The van der Waals surface area contributed by atoms with E-state index in [0.717, 1.165) is 30.9 Å². The van der Waals surface area contributed by atoms with Crippen molar-refractivity contribution >= 4 is 22.6 Å². The molecule has 5 nitrogen and oxygen atoms in total. The van der Waals surface area contributed by atoms with Crippen LogP contribution in [0.2, 0.25) is 0 Å². The zero-order valence-corrected chi connectivity index (χ0v) is 15.5. The van der Waals surface area contributed by atoms with Crippen LogP contribution in [0.4, 0.5) is 5.82 Å². The minimum absolute atomic E-state index is 0.134. The number of para-hydroxylation sites is 1. The molecule has 5 aliphatic rings. The van der Waals surface area contributed by atoms with Crippen LogP contribution in [-0.4, -0.2) is 29.2 Å². The Kier molecular flexibility index (Phi) is 2.80. The average molecular weight is 371 g/mol. The van der Waals surface area contributed by atoms with E-state index in [1.54, 1.807) is 0 Å². The summed E-state index contributed by atoms with van der Waals surface area (Å²) in [7, 11) is 0. The smallest absolute Gasteiger partial charge is 0.288 e. The lowest BCUT2D eigenvalue weighted by atomic mass is 9.91. The van der Waals surface area contributed by atoms with Gasteiger partial charge in [-0.05, 0) is 24.6 Å². The molecule has 1 saturated heterocycles. The normalized spacial score (nSPS) is 28.8. The van der Waals surface area contributed by atoms with Crippen LogP contribution in [0, 0.1) is 5.92 Å². The zero-order chi connectivity index (χ0) is 18.2. The molecule has 1 aromatic heterocycles. The monoisotopic (exact) mass is 371 g/mol. The van der Waals surface area contributed by atoms with E-state index in [-0.39, 0.29) is 6.23 Å². The molecule has 1 aliphatic carbocycles. The number of hydrogen-bond acceptors (Lipinski definition) is 3. The highest BCUT2D eigenvalue weighted by Gasteiger charge is 2.50. The molecular weight excluding hydrogens is 350 g/mol. The maximum atomic E-state index is 6.37. The SMILES string of the molecule is C1=CC2C=CC3=[N+]4C(CCCN3c3ccc5cccc6c5[n+]3CO6)OC(=C1)C24. The van der Waals surface area contributed by atoms with Crippen molar-refractivity contribution in [1.82, 2.24) is 0 Å². The zero-order valence-electron chi connectivity index (χ0n) is 15.5. The highest BCUT2D eigenvalue weighted by molar-refractivity contribution is 6.02. The van der Waals surface area contributed by atoms with Gasteiger partial charge >= 0.3 is 0 Å². The molecule has 5 heteroatoms. The molecule has 0 amide bonds. The Balaban J connectivity index is 1.44.